The minimum Gasteiger partial charge on any atom is -0.496 e. The first-order valence-corrected chi connectivity index (χ1v) is 9.37. The molecule has 1 N–H and O–H groups in total. The van der Waals surface area contributed by atoms with E-state index in [2.05, 4.69) is 10.4 Å². The molecule has 7 nitrogen and oxygen atoms in total. The van der Waals surface area contributed by atoms with Crippen LogP contribution in [0.25, 0.3) is 21.8 Å². The molecule has 0 fully saturated rings. The molecule has 2 aromatic carbocycles. The minimum absolute atomic E-state index is 0.183. The second kappa shape index (κ2) is 7.43. The van der Waals surface area contributed by atoms with E-state index in [1.807, 2.05) is 48.5 Å². The van der Waals surface area contributed by atoms with Gasteiger partial charge in [-0.25, -0.2) is 4.68 Å². The van der Waals surface area contributed by atoms with Crippen molar-refractivity contribution in [3.8, 4) is 5.75 Å². The van der Waals surface area contributed by atoms with Crippen LogP contribution < -0.4 is 15.6 Å². The number of rotatable bonds is 5. The Morgan fingerprint density at radius 2 is 1.86 bits per heavy atom. The van der Waals surface area contributed by atoms with Gasteiger partial charge in [0.2, 0.25) is 5.91 Å². The van der Waals surface area contributed by atoms with E-state index in [1.54, 1.807) is 31.8 Å². The molecule has 0 spiro atoms. The van der Waals surface area contributed by atoms with Crippen LogP contribution in [0.5, 0.6) is 5.75 Å². The Labute approximate surface area is 167 Å². The van der Waals surface area contributed by atoms with Crippen molar-refractivity contribution in [2.24, 2.45) is 7.05 Å². The van der Waals surface area contributed by atoms with Crippen molar-refractivity contribution in [1.29, 1.82) is 0 Å². The van der Waals surface area contributed by atoms with Crippen LogP contribution >= 0.6 is 0 Å². The smallest absolute Gasteiger partial charge is 0.291 e. The summed E-state index contributed by atoms with van der Waals surface area (Å²) in [7, 11) is 3.21. The van der Waals surface area contributed by atoms with E-state index >= 15 is 0 Å². The Bertz CT molecular complexity index is 1270. The first-order valence-electron chi connectivity index (χ1n) is 9.37. The number of hydrogen-bond acceptors (Lipinski definition) is 4. The summed E-state index contributed by atoms with van der Waals surface area (Å²) in [5, 5.41) is 8.75. The van der Waals surface area contributed by atoms with Gasteiger partial charge in [-0.2, -0.15) is 5.10 Å². The van der Waals surface area contributed by atoms with Gasteiger partial charge in [0.05, 0.1) is 18.8 Å². The predicted molar refractivity (Wildman–Crippen MR) is 112 cm³/mol. The Hall–Kier alpha value is -3.61. The van der Waals surface area contributed by atoms with Gasteiger partial charge in [-0.1, -0.05) is 36.4 Å². The third-order valence-electron chi connectivity index (χ3n) is 5.22. The van der Waals surface area contributed by atoms with E-state index in [9.17, 15) is 9.59 Å². The molecule has 0 saturated carbocycles. The summed E-state index contributed by atoms with van der Waals surface area (Å²) in [5.74, 6) is 0.537. The predicted octanol–water partition coefficient (Wildman–Crippen LogP) is 2.77. The zero-order valence-electron chi connectivity index (χ0n) is 16.5. The van der Waals surface area contributed by atoms with Crippen molar-refractivity contribution >= 4 is 27.7 Å². The first kappa shape index (κ1) is 18.7. The van der Waals surface area contributed by atoms with Crippen molar-refractivity contribution < 1.29 is 9.53 Å². The number of carbonyl (C=O) groups excluding carboxylic acids is 1. The number of aryl methyl sites for hydroxylation is 1. The van der Waals surface area contributed by atoms with Crippen molar-refractivity contribution in [3.63, 3.8) is 0 Å². The van der Waals surface area contributed by atoms with Crippen LogP contribution in [0.2, 0.25) is 0 Å². The largest absolute Gasteiger partial charge is 0.496 e. The standard InChI is InChI=1S/C22H22N4O3/c1-14(21(27)23-12-15-8-4-7-11-19(15)29-3)26-18-10-6-5-9-16(18)17-13-24-25(2)22(28)20(17)26/h4-11,13-14H,12H2,1-3H3,(H,23,27)/t14-/m0/s1. The van der Waals surface area contributed by atoms with Crippen LogP contribution in [0.1, 0.15) is 18.5 Å². The van der Waals surface area contributed by atoms with Crippen LogP contribution in [0.3, 0.4) is 0 Å². The van der Waals surface area contributed by atoms with E-state index in [4.69, 9.17) is 4.74 Å². The fourth-order valence-corrected chi connectivity index (χ4v) is 3.69. The lowest BCUT2D eigenvalue weighted by molar-refractivity contribution is -0.123. The molecule has 0 bridgehead atoms. The quantitative estimate of drug-likeness (QED) is 0.568. The van der Waals surface area contributed by atoms with Gasteiger partial charge in [-0.15, -0.1) is 0 Å². The molecule has 2 aromatic heterocycles. The van der Waals surface area contributed by atoms with Crippen LogP contribution in [-0.4, -0.2) is 27.4 Å². The first-order chi connectivity index (χ1) is 14.0. The van der Waals surface area contributed by atoms with Gasteiger partial charge in [0, 0.05) is 29.9 Å². The van der Waals surface area contributed by atoms with Gasteiger partial charge in [-0.05, 0) is 19.1 Å². The molecule has 0 aliphatic carbocycles. The van der Waals surface area contributed by atoms with Gasteiger partial charge in [-0.3, -0.25) is 9.59 Å². The van der Waals surface area contributed by atoms with E-state index in [0.717, 1.165) is 27.6 Å². The molecule has 29 heavy (non-hydrogen) atoms. The maximum absolute atomic E-state index is 13.0. The van der Waals surface area contributed by atoms with Crippen molar-refractivity contribution in [2.75, 3.05) is 7.11 Å². The van der Waals surface area contributed by atoms with Crippen molar-refractivity contribution in [2.45, 2.75) is 19.5 Å². The van der Waals surface area contributed by atoms with E-state index in [-0.39, 0.29) is 11.5 Å². The molecule has 4 aromatic rings. The van der Waals surface area contributed by atoms with Gasteiger partial charge < -0.3 is 14.6 Å². The number of benzene rings is 2. The fourth-order valence-electron chi connectivity index (χ4n) is 3.69. The molecular formula is C22H22N4O3. The van der Waals surface area contributed by atoms with Gasteiger partial charge in [0.1, 0.15) is 17.3 Å². The Balaban J connectivity index is 1.74. The fraction of sp³-hybridized carbons (Fsp3) is 0.227. The summed E-state index contributed by atoms with van der Waals surface area (Å²) in [5.41, 5.74) is 1.96. The highest BCUT2D eigenvalue weighted by Crippen LogP contribution is 2.29. The molecule has 0 aliphatic rings. The number of aromatic nitrogens is 3. The lowest BCUT2D eigenvalue weighted by atomic mass is 10.2. The number of amides is 1. The number of methoxy groups -OCH3 is 1. The number of nitrogens with zero attached hydrogens (tertiary/aromatic N) is 3. The number of nitrogens with one attached hydrogen (secondary N) is 1. The van der Waals surface area contributed by atoms with Crippen LogP contribution in [0.15, 0.2) is 59.5 Å². The Morgan fingerprint density at radius 1 is 1.14 bits per heavy atom. The molecule has 4 rings (SSSR count). The summed E-state index contributed by atoms with van der Waals surface area (Å²) in [6.07, 6.45) is 1.68. The zero-order chi connectivity index (χ0) is 20.5. The summed E-state index contributed by atoms with van der Waals surface area (Å²) in [4.78, 5) is 25.8. The average molecular weight is 390 g/mol. The summed E-state index contributed by atoms with van der Waals surface area (Å²) >= 11 is 0. The molecule has 0 saturated heterocycles. The SMILES string of the molecule is COc1ccccc1CNC(=O)[C@H](C)n1c2ccccc2c2cnn(C)c(=O)c21. The molecule has 1 atom stereocenters. The van der Waals surface area contributed by atoms with Gasteiger partial charge in [0.15, 0.2) is 0 Å². The molecule has 2 heterocycles. The summed E-state index contributed by atoms with van der Waals surface area (Å²) in [6, 6.07) is 14.6. The maximum Gasteiger partial charge on any atom is 0.291 e. The van der Waals surface area contributed by atoms with Crippen molar-refractivity contribution in [1.82, 2.24) is 19.7 Å². The number of ether oxygens (including phenoxy) is 1. The highest BCUT2D eigenvalue weighted by atomic mass is 16.5. The topological polar surface area (TPSA) is 78.2 Å². The van der Waals surface area contributed by atoms with Crippen LogP contribution in [-0.2, 0) is 18.4 Å². The maximum atomic E-state index is 13.0. The second-order valence-electron chi connectivity index (χ2n) is 6.93. The number of carbonyl (C=O) groups is 1. The van der Waals surface area contributed by atoms with E-state index < -0.39 is 6.04 Å². The lowest BCUT2D eigenvalue weighted by Crippen LogP contribution is -2.32. The number of para-hydroxylation sites is 2. The number of fused-ring (bicyclic) bond motifs is 3. The molecular weight excluding hydrogens is 368 g/mol. The van der Waals surface area contributed by atoms with E-state index in [1.165, 1.54) is 4.68 Å². The third-order valence-corrected chi connectivity index (χ3v) is 5.22. The molecule has 1 amide bonds. The van der Waals surface area contributed by atoms with Crippen LogP contribution in [0.4, 0.5) is 0 Å². The zero-order valence-corrected chi connectivity index (χ0v) is 16.5. The summed E-state index contributed by atoms with van der Waals surface area (Å²) in [6.45, 7) is 2.13. The van der Waals surface area contributed by atoms with Crippen LogP contribution in [0, 0.1) is 0 Å². The Kier molecular flexibility index (Phi) is 4.80. The van der Waals surface area contributed by atoms with Crippen molar-refractivity contribution in [3.05, 3.63) is 70.6 Å². The Morgan fingerprint density at radius 3 is 2.66 bits per heavy atom. The third kappa shape index (κ3) is 3.14. The average Bonchev–Trinajstić information content (AvgIpc) is 3.09. The summed E-state index contributed by atoms with van der Waals surface area (Å²) < 4.78 is 8.43. The molecule has 0 radical (unpaired) electrons. The van der Waals surface area contributed by atoms with Gasteiger partial charge in [0.25, 0.3) is 5.56 Å². The van der Waals surface area contributed by atoms with Gasteiger partial charge >= 0.3 is 0 Å². The van der Waals surface area contributed by atoms with E-state index in [0.29, 0.717) is 12.1 Å². The molecule has 0 aliphatic heterocycles. The lowest BCUT2D eigenvalue weighted by Gasteiger charge is -2.17. The normalized spacial score (nSPS) is 12.2. The molecule has 7 heteroatoms. The second-order valence-corrected chi connectivity index (χ2v) is 6.93. The highest BCUT2D eigenvalue weighted by molar-refractivity contribution is 6.08. The molecule has 0 unspecified atom stereocenters. The molecule has 148 valence electrons. The number of hydrogen-bond donors (Lipinski definition) is 1. The monoisotopic (exact) mass is 390 g/mol. The highest BCUT2D eigenvalue weighted by Gasteiger charge is 2.23. The minimum atomic E-state index is -0.581.